The lowest BCUT2D eigenvalue weighted by Crippen LogP contribution is -2.39. The topological polar surface area (TPSA) is 61.4 Å². The summed E-state index contributed by atoms with van der Waals surface area (Å²) in [6, 6.07) is 7.89. The molecule has 21 heavy (non-hydrogen) atoms. The van der Waals surface area contributed by atoms with Crippen molar-refractivity contribution in [3.63, 3.8) is 0 Å². The minimum atomic E-state index is -0.148. The van der Waals surface area contributed by atoms with Crippen LogP contribution in [0.15, 0.2) is 24.3 Å². The van der Waals surface area contributed by atoms with Gasteiger partial charge < -0.3 is 15.7 Å². The van der Waals surface area contributed by atoms with Crippen LogP contribution in [-0.2, 0) is 0 Å². The van der Waals surface area contributed by atoms with Crippen molar-refractivity contribution >= 4 is 6.03 Å². The molecule has 1 aromatic rings. The molecule has 0 fully saturated rings. The molecule has 0 saturated heterocycles. The Balaban J connectivity index is 2.44. The Hall–Kier alpha value is -1.55. The molecule has 2 unspecified atom stereocenters. The fourth-order valence-corrected chi connectivity index (χ4v) is 2.57. The van der Waals surface area contributed by atoms with Crippen LogP contribution < -0.4 is 10.6 Å². The first-order valence-corrected chi connectivity index (χ1v) is 7.79. The summed E-state index contributed by atoms with van der Waals surface area (Å²) >= 11 is 0. The number of carbonyl (C=O) groups excluding carboxylic acids is 1. The van der Waals surface area contributed by atoms with E-state index < -0.39 is 0 Å². The molecular weight excluding hydrogens is 264 g/mol. The first-order chi connectivity index (χ1) is 10.1. The zero-order valence-electron chi connectivity index (χ0n) is 13.4. The van der Waals surface area contributed by atoms with Crippen molar-refractivity contribution in [3.05, 3.63) is 35.4 Å². The number of benzene rings is 1. The highest BCUT2D eigenvalue weighted by Gasteiger charge is 2.13. The van der Waals surface area contributed by atoms with Gasteiger partial charge in [-0.05, 0) is 43.7 Å². The number of aryl methyl sites for hydroxylation is 1. The second-order valence-corrected chi connectivity index (χ2v) is 5.60. The lowest BCUT2D eigenvalue weighted by molar-refractivity contribution is 0.227. The molecule has 0 spiro atoms. The Morgan fingerprint density at radius 3 is 2.62 bits per heavy atom. The predicted octanol–water partition coefficient (Wildman–Crippen LogP) is 3.15. The molecule has 0 heterocycles. The van der Waals surface area contributed by atoms with Crippen molar-refractivity contribution in [2.24, 2.45) is 5.92 Å². The average Bonchev–Trinajstić information content (AvgIpc) is 2.45. The summed E-state index contributed by atoms with van der Waals surface area (Å²) in [7, 11) is 0. The van der Waals surface area contributed by atoms with Gasteiger partial charge in [-0.3, -0.25) is 0 Å². The molecule has 118 valence electrons. The molecule has 0 aliphatic carbocycles. The summed E-state index contributed by atoms with van der Waals surface area (Å²) in [5.41, 5.74) is 2.31. The third-order valence-corrected chi connectivity index (χ3v) is 3.79. The molecule has 1 rings (SSSR count). The van der Waals surface area contributed by atoms with E-state index >= 15 is 0 Å². The molecule has 3 N–H and O–H groups in total. The summed E-state index contributed by atoms with van der Waals surface area (Å²) in [5, 5.41) is 14.9. The van der Waals surface area contributed by atoms with Gasteiger partial charge in [-0.15, -0.1) is 0 Å². The Morgan fingerprint density at radius 2 is 2.00 bits per heavy atom. The third-order valence-electron chi connectivity index (χ3n) is 3.79. The van der Waals surface area contributed by atoms with Crippen molar-refractivity contribution in [2.75, 3.05) is 13.2 Å². The SMILES string of the molecule is CCCC(CCO)CNC(=O)NC(C)c1ccccc1C. The monoisotopic (exact) mass is 292 g/mol. The van der Waals surface area contributed by atoms with E-state index in [2.05, 4.69) is 17.6 Å². The molecule has 2 amide bonds. The number of amides is 2. The summed E-state index contributed by atoms with van der Waals surface area (Å²) in [6.45, 7) is 6.93. The summed E-state index contributed by atoms with van der Waals surface area (Å²) in [6.07, 6.45) is 2.82. The van der Waals surface area contributed by atoms with Crippen LogP contribution in [0.5, 0.6) is 0 Å². The highest BCUT2D eigenvalue weighted by atomic mass is 16.3. The lowest BCUT2D eigenvalue weighted by Gasteiger charge is -2.19. The number of hydrogen-bond donors (Lipinski definition) is 3. The Bertz CT molecular complexity index is 429. The van der Waals surface area contributed by atoms with E-state index in [1.54, 1.807) is 0 Å². The zero-order chi connectivity index (χ0) is 15.7. The van der Waals surface area contributed by atoms with Crippen LogP contribution in [0, 0.1) is 12.8 Å². The fourth-order valence-electron chi connectivity index (χ4n) is 2.57. The fraction of sp³-hybridized carbons (Fsp3) is 0.588. The van der Waals surface area contributed by atoms with Crippen LogP contribution in [0.4, 0.5) is 4.79 Å². The predicted molar refractivity (Wildman–Crippen MR) is 86.2 cm³/mol. The summed E-state index contributed by atoms with van der Waals surface area (Å²) < 4.78 is 0. The van der Waals surface area contributed by atoms with Crippen LogP contribution in [0.1, 0.15) is 50.3 Å². The van der Waals surface area contributed by atoms with E-state index in [9.17, 15) is 4.79 Å². The van der Waals surface area contributed by atoms with E-state index in [0.717, 1.165) is 24.8 Å². The van der Waals surface area contributed by atoms with Gasteiger partial charge in [-0.2, -0.15) is 0 Å². The zero-order valence-corrected chi connectivity index (χ0v) is 13.4. The molecule has 4 nitrogen and oxygen atoms in total. The van der Waals surface area contributed by atoms with Gasteiger partial charge >= 0.3 is 6.03 Å². The van der Waals surface area contributed by atoms with Crippen LogP contribution in [0.25, 0.3) is 0 Å². The van der Waals surface area contributed by atoms with Gasteiger partial charge in [-0.1, -0.05) is 37.6 Å². The molecule has 1 aromatic carbocycles. The van der Waals surface area contributed by atoms with Gasteiger partial charge in [-0.25, -0.2) is 4.79 Å². The van der Waals surface area contributed by atoms with E-state index in [-0.39, 0.29) is 18.7 Å². The molecule has 0 radical (unpaired) electrons. The van der Waals surface area contributed by atoms with Crippen molar-refractivity contribution in [1.29, 1.82) is 0 Å². The average molecular weight is 292 g/mol. The van der Waals surface area contributed by atoms with Gasteiger partial charge in [0.05, 0.1) is 6.04 Å². The molecular formula is C17H28N2O2. The third kappa shape index (κ3) is 6.17. The minimum Gasteiger partial charge on any atom is -0.396 e. The number of carbonyl (C=O) groups is 1. The Kier molecular flexibility index (Phi) is 7.83. The van der Waals surface area contributed by atoms with Crippen LogP contribution in [0.2, 0.25) is 0 Å². The normalized spacial score (nSPS) is 13.5. The Labute approximate surface area is 128 Å². The number of aliphatic hydroxyl groups is 1. The molecule has 0 aliphatic rings. The second-order valence-electron chi connectivity index (χ2n) is 5.60. The van der Waals surface area contributed by atoms with Crippen LogP contribution >= 0.6 is 0 Å². The van der Waals surface area contributed by atoms with Crippen molar-refractivity contribution in [3.8, 4) is 0 Å². The molecule has 2 atom stereocenters. The van der Waals surface area contributed by atoms with Crippen LogP contribution in [-0.4, -0.2) is 24.3 Å². The number of hydrogen-bond acceptors (Lipinski definition) is 2. The smallest absolute Gasteiger partial charge is 0.315 e. The lowest BCUT2D eigenvalue weighted by atomic mass is 10.0. The Morgan fingerprint density at radius 1 is 1.29 bits per heavy atom. The van der Waals surface area contributed by atoms with Gasteiger partial charge in [0.1, 0.15) is 0 Å². The maximum atomic E-state index is 12.0. The first kappa shape index (κ1) is 17.5. The van der Waals surface area contributed by atoms with E-state index in [4.69, 9.17) is 5.11 Å². The van der Waals surface area contributed by atoms with E-state index in [0.29, 0.717) is 12.5 Å². The molecule has 0 aliphatic heterocycles. The molecule has 0 saturated carbocycles. The summed E-state index contributed by atoms with van der Waals surface area (Å²) in [4.78, 5) is 12.0. The molecule has 0 bridgehead atoms. The van der Waals surface area contributed by atoms with Crippen molar-refractivity contribution in [2.45, 2.75) is 46.1 Å². The van der Waals surface area contributed by atoms with Gasteiger partial charge in [0.2, 0.25) is 0 Å². The molecule has 4 heteroatoms. The van der Waals surface area contributed by atoms with Crippen molar-refractivity contribution < 1.29 is 9.90 Å². The maximum Gasteiger partial charge on any atom is 0.315 e. The number of aliphatic hydroxyl groups excluding tert-OH is 1. The van der Waals surface area contributed by atoms with E-state index in [1.165, 1.54) is 5.56 Å². The quantitative estimate of drug-likeness (QED) is 0.689. The van der Waals surface area contributed by atoms with Crippen molar-refractivity contribution in [1.82, 2.24) is 10.6 Å². The van der Waals surface area contributed by atoms with Gasteiger partial charge in [0.25, 0.3) is 0 Å². The number of urea groups is 1. The second kappa shape index (κ2) is 9.40. The molecule has 0 aromatic heterocycles. The maximum absolute atomic E-state index is 12.0. The highest BCUT2D eigenvalue weighted by molar-refractivity contribution is 5.74. The minimum absolute atomic E-state index is 0.0198. The number of rotatable bonds is 8. The number of nitrogens with one attached hydrogen (secondary N) is 2. The highest BCUT2D eigenvalue weighted by Crippen LogP contribution is 2.16. The van der Waals surface area contributed by atoms with Gasteiger partial charge in [0, 0.05) is 13.2 Å². The standard InChI is InChI=1S/C17H28N2O2/c1-4-7-15(10-11-20)12-18-17(21)19-14(3)16-9-6-5-8-13(16)2/h5-6,8-9,14-15,20H,4,7,10-12H2,1-3H3,(H2,18,19,21). The van der Waals surface area contributed by atoms with E-state index in [1.807, 2.05) is 38.1 Å². The van der Waals surface area contributed by atoms with Gasteiger partial charge in [0.15, 0.2) is 0 Å². The largest absolute Gasteiger partial charge is 0.396 e. The van der Waals surface area contributed by atoms with Crippen LogP contribution in [0.3, 0.4) is 0 Å². The first-order valence-electron chi connectivity index (χ1n) is 7.79. The summed E-state index contributed by atoms with van der Waals surface area (Å²) in [5.74, 6) is 0.347.